The maximum absolute atomic E-state index is 13.8. The zero-order valence-corrected chi connectivity index (χ0v) is 21.7. The first-order valence-corrected chi connectivity index (χ1v) is 14.0. The zero-order valence-electron chi connectivity index (χ0n) is 19.3. The number of hydrogen-bond donors (Lipinski definition) is 1. The molecule has 2 heterocycles. The largest absolute Gasteiger partial charge is 0.355 e. The lowest BCUT2D eigenvalue weighted by Gasteiger charge is -2.32. The Morgan fingerprint density at radius 2 is 1.91 bits per heavy atom. The van der Waals surface area contributed by atoms with Crippen LogP contribution in [-0.2, 0) is 32.5 Å². The first kappa shape index (κ1) is 24.9. The minimum absolute atomic E-state index is 0.0909. The Kier molecular flexibility index (Phi) is 7.74. The van der Waals surface area contributed by atoms with Gasteiger partial charge in [0, 0.05) is 37.1 Å². The van der Waals surface area contributed by atoms with Crippen LogP contribution >= 0.6 is 15.9 Å². The first-order chi connectivity index (χ1) is 16.3. The van der Waals surface area contributed by atoms with E-state index in [1.54, 1.807) is 17.9 Å². The monoisotopic (exact) mass is 547 g/mol. The quantitative estimate of drug-likeness (QED) is 0.574. The van der Waals surface area contributed by atoms with Gasteiger partial charge in [0.05, 0.1) is 11.6 Å². The number of amides is 2. The van der Waals surface area contributed by atoms with Gasteiger partial charge in [-0.05, 0) is 48.9 Å². The van der Waals surface area contributed by atoms with Gasteiger partial charge in [0.1, 0.15) is 4.90 Å². The van der Waals surface area contributed by atoms with E-state index in [9.17, 15) is 18.0 Å². The summed E-state index contributed by atoms with van der Waals surface area (Å²) in [5, 5.41) is 2.97. The maximum Gasteiger partial charge on any atom is 0.245 e. The second-order valence-corrected chi connectivity index (χ2v) is 11.6. The van der Waals surface area contributed by atoms with Crippen LogP contribution in [-0.4, -0.2) is 50.7 Å². The van der Waals surface area contributed by atoms with Crippen LogP contribution in [0.5, 0.6) is 0 Å². The Balaban J connectivity index is 1.50. The highest BCUT2D eigenvalue weighted by Gasteiger charge is 2.38. The molecule has 34 heavy (non-hydrogen) atoms. The molecule has 182 valence electrons. The number of hydrogen-bond acceptors (Lipinski definition) is 4. The third-order valence-electron chi connectivity index (χ3n) is 6.53. The number of carbonyl (C=O) groups is 2. The summed E-state index contributed by atoms with van der Waals surface area (Å²) in [6.45, 7) is 3.27. The van der Waals surface area contributed by atoms with Gasteiger partial charge in [-0.25, -0.2) is 8.42 Å². The Morgan fingerprint density at radius 1 is 1.15 bits per heavy atom. The number of nitrogens with zero attached hydrogens (tertiary/aromatic N) is 2. The van der Waals surface area contributed by atoms with Crippen LogP contribution in [0.25, 0.3) is 0 Å². The summed E-state index contributed by atoms with van der Waals surface area (Å²) in [5.74, 6) is -0.599. The molecule has 9 heteroatoms. The molecule has 2 aromatic rings. The van der Waals surface area contributed by atoms with Crippen molar-refractivity contribution in [1.29, 1.82) is 0 Å². The fourth-order valence-electron chi connectivity index (χ4n) is 4.74. The highest BCUT2D eigenvalue weighted by atomic mass is 79.9. The number of sulfonamides is 1. The van der Waals surface area contributed by atoms with E-state index in [-0.39, 0.29) is 23.3 Å². The Bertz CT molecular complexity index is 1170. The molecule has 2 amide bonds. The summed E-state index contributed by atoms with van der Waals surface area (Å²) in [4.78, 5) is 27.1. The Labute approximate surface area is 209 Å². The van der Waals surface area contributed by atoms with Gasteiger partial charge < -0.3 is 10.2 Å². The molecule has 0 aromatic heterocycles. The van der Waals surface area contributed by atoms with Crippen molar-refractivity contribution >= 4 is 43.5 Å². The third-order valence-corrected chi connectivity index (χ3v) is 8.86. The average molecular weight is 549 g/mol. The standard InChI is InChI=1S/C25H30BrN3O4S/c1-2-23(30)29-14-11-19-15-21(26)16-22(24(19)29)34(32,33)28-13-6-9-20(17-28)25(31)27-12-10-18-7-4-3-5-8-18/h3-5,7-8,15-16,20H,2,6,9-14,17H2,1H3,(H,27,31)/t20-/m0/s1. The van der Waals surface area contributed by atoms with Gasteiger partial charge in [-0.1, -0.05) is 53.2 Å². The van der Waals surface area contributed by atoms with Gasteiger partial charge in [0.25, 0.3) is 0 Å². The van der Waals surface area contributed by atoms with Crippen LogP contribution in [0.1, 0.15) is 37.3 Å². The number of fused-ring (bicyclic) bond motifs is 1. The van der Waals surface area contributed by atoms with Crippen molar-refractivity contribution in [3.05, 3.63) is 58.1 Å². The van der Waals surface area contributed by atoms with Crippen LogP contribution < -0.4 is 10.2 Å². The highest BCUT2D eigenvalue weighted by Crippen LogP contribution is 2.39. The van der Waals surface area contributed by atoms with Crippen molar-refractivity contribution < 1.29 is 18.0 Å². The lowest BCUT2D eigenvalue weighted by molar-refractivity contribution is -0.126. The first-order valence-electron chi connectivity index (χ1n) is 11.8. The SMILES string of the molecule is CCC(=O)N1CCc2cc(Br)cc(S(=O)(=O)N3CCC[C@H](C(=O)NCCc4ccccc4)C3)c21. The molecule has 2 aliphatic heterocycles. The second-order valence-electron chi connectivity index (χ2n) is 8.79. The van der Waals surface area contributed by atoms with E-state index in [0.29, 0.717) is 55.5 Å². The third kappa shape index (κ3) is 5.21. The van der Waals surface area contributed by atoms with E-state index in [4.69, 9.17) is 0 Å². The molecule has 1 N–H and O–H groups in total. The summed E-state index contributed by atoms with van der Waals surface area (Å²) >= 11 is 3.44. The molecular formula is C25H30BrN3O4S. The molecule has 2 aliphatic rings. The van der Waals surface area contributed by atoms with Gasteiger partial charge in [-0.2, -0.15) is 4.31 Å². The van der Waals surface area contributed by atoms with Crippen molar-refractivity contribution in [2.45, 2.75) is 43.9 Å². The van der Waals surface area contributed by atoms with Gasteiger partial charge in [-0.3, -0.25) is 9.59 Å². The molecule has 4 rings (SSSR count). The van der Waals surface area contributed by atoms with Gasteiger partial charge in [0.2, 0.25) is 21.8 Å². The van der Waals surface area contributed by atoms with Crippen LogP contribution in [0.15, 0.2) is 51.8 Å². The molecule has 0 saturated carbocycles. The second kappa shape index (κ2) is 10.6. The van der Waals surface area contributed by atoms with Crippen LogP contribution in [0, 0.1) is 5.92 Å². The Morgan fingerprint density at radius 3 is 2.65 bits per heavy atom. The van der Waals surface area contributed by atoms with Crippen molar-refractivity contribution in [3.63, 3.8) is 0 Å². The lowest BCUT2D eigenvalue weighted by atomic mass is 9.99. The fourth-order valence-corrected chi connectivity index (χ4v) is 7.18. The van der Waals surface area contributed by atoms with Crippen molar-refractivity contribution in [2.75, 3.05) is 31.1 Å². The van der Waals surface area contributed by atoms with Crippen LogP contribution in [0.2, 0.25) is 0 Å². The molecule has 0 unspecified atom stereocenters. The van der Waals surface area contributed by atoms with Crippen LogP contribution in [0.3, 0.4) is 0 Å². The van der Waals surface area contributed by atoms with E-state index >= 15 is 0 Å². The molecule has 0 bridgehead atoms. The van der Waals surface area contributed by atoms with Crippen molar-refractivity contribution in [2.24, 2.45) is 5.92 Å². The van der Waals surface area contributed by atoms with E-state index in [0.717, 1.165) is 17.5 Å². The lowest BCUT2D eigenvalue weighted by Crippen LogP contribution is -2.46. The molecule has 0 aliphatic carbocycles. The van der Waals surface area contributed by atoms with Crippen LogP contribution in [0.4, 0.5) is 5.69 Å². The zero-order chi connectivity index (χ0) is 24.3. The average Bonchev–Trinajstić information content (AvgIpc) is 3.27. The molecular weight excluding hydrogens is 518 g/mol. The predicted octanol–water partition coefficient (Wildman–Crippen LogP) is 3.51. The highest BCUT2D eigenvalue weighted by molar-refractivity contribution is 9.10. The normalized spacial score (nSPS) is 18.5. The number of carbonyl (C=O) groups excluding carboxylic acids is 2. The van der Waals surface area contributed by atoms with Gasteiger partial charge >= 0.3 is 0 Å². The minimum atomic E-state index is -3.88. The number of piperidine rings is 1. The van der Waals surface area contributed by atoms with E-state index < -0.39 is 15.9 Å². The van der Waals surface area contributed by atoms with Crippen molar-refractivity contribution in [3.8, 4) is 0 Å². The van der Waals surface area contributed by atoms with E-state index in [2.05, 4.69) is 21.2 Å². The minimum Gasteiger partial charge on any atom is -0.355 e. The number of benzene rings is 2. The number of nitrogens with one attached hydrogen (secondary N) is 1. The summed E-state index contributed by atoms with van der Waals surface area (Å²) in [7, 11) is -3.88. The van der Waals surface area contributed by atoms with Gasteiger partial charge in [-0.15, -0.1) is 0 Å². The molecule has 1 saturated heterocycles. The van der Waals surface area contributed by atoms with E-state index in [1.807, 2.05) is 36.4 Å². The molecule has 7 nitrogen and oxygen atoms in total. The van der Waals surface area contributed by atoms with E-state index in [1.165, 1.54) is 4.31 Å². The summed E-state index contributed by atoms with van der Waals surface area (Å²) < 4.78 is 29.6. The molecule has 2 aromatic carbocycles. The number of rotatable bonds is 7. The molecule has 1 atom stereocenters. The van der Waals surface area contributed by atoms with Crippen molar-refractivity contribution in [1.82, 2.24) is 9.62 Å². The maximum atomic E-state index is 13.8. The number of halogens is 1. The fraction of sp³-hybridized carbons (Fsp3) is 0.440. The Hall–Kier alpha value is -2.23. The summed E-state index contributed by atoms with van der Waals surface area (Å²) in [5.41, 5.74) is 2.48. The topological polar surface area (TPSA) is 86.8 Å². The summed E-state index contributed by atoms with van der Waals surface area (Å²) in [6, 6.07) is 13.4. The summed E-state index contributed by atoms with van der Waals surface area (Å²) in [6.07, 6.45) is 2.93. The number of anilines is 1. The molecule has 1 fully saturated rings. The predicted molar refractivity (Wildman–Crippen MR) is 135 cm³/mol. The molecule has 0 radical (unpaired) electrons. The molecule has 0 spiro atoms. The van der Waals surface area contributed by atoms with Gasteiger partial charge in [0.15, 0.2) is 0 Å². The smallest absolute Gasteiger partial charge is 0.245 e.